The van der Waals surface area contributed by atoms with Crippen LogP contribution in [0.3, 0.4) is 0 Å². The third-order valence-corrected chi connectivity index (χ3v) is 9.67. The lowest BCUT2D eigenvalue weighted by Crippen LogP contribution is -2.37. The Bertz CT molecular complexity index is 991. The van der Waals surface area contributed by atoms with Gasteiger partial charge in [-0.05, 0) is 44.9 Å². The van der Waals surface area contributed by atoms with Crippen LogP contribution >= 0.6 is 7.82 Å². The molecule has 52 heavy (non-hydrogen) atoms. The fraction of sp³-hybridized carbons (Fsp3) is 0.810. The number of likely N-dealkylation sites (N-methyl/N-ethyl adjacent to an activating group) is 1. The van der Waals surface area contributed by atoms with Gasteiger partial charge in [-0.1, -0.05) is 147 Å². The number of hydrogen-bond donors (Lipinski definition) is 1. The van der Waals surface area contributed by atoms with Gasteiger partial charge in [0.05, 0.1) is 27.7 Å². The van der Waals surface area contributed by atoms with E-state index in [4.69, 9.17) is 18.5 Å². The highest BCUT2D eigenvalue weighted by Gasteiger charge is 2.27. The minimum Gasteiger partial charge on any atom is -0.462 e. The number of rotatable bonds is 37. The summed E-state index contributed by atoms with van der Waals surface area (Å²) < 4.78 is 34.2. The first kappa shape index (κ1) is 50.2. The number of quaternary nitrogens is 1. The number of allylic oxidation sites excluding steroid dienone is 6. The van der Waals surface area contributed by atoms with Crippen molar-refractivity contribution in [2.75, 3.05) is 47.5 Å². The molecule has 0 fully saturated rings. The maximum absolute atomic E-state index is 12.6. The van der Waals surface area contributed by atoms with Gasteiger partial charge in [0.15, 0.2) is 6.10 Å². The summed E-state index contributed by atoms with van der Waals surface area (Å²) in [5.41, 5.74) is 0. The lowest BCUT2D eigenvalue weighted by atomic mass is 10.0. The van der Waals surface area contributed by atoms with Crippen LogP contribution in [-0.2, 0) is 32.7 Å². The van der Waals surface area contributed by atoms with Gasteiger partial charge in [-0.15, -0.1) is 0 Å². The van der Waals surface area contributed by atoms with Crippen molar-refractivity contribution >= 4 is 19.8 Å². The lowest BCUT2D eigenvalue weighted by Gasteiger charge is -2.24. The van der Waals surface area contributed by atoms with E-state index in [0.717, 1.165) is 70.6 Å². The molecule has 0 aromatic carbocycles. The quantitative estimate of drug-likeness (QED) is 0.0219. The van der Waals surface area contributed by atoms with Crippen molar-refractivity contribution in [2.24, 2.45) is 0 Å². The van der Waals surface area contributed by atoms with Crippen molar-refractivity contribution in [3.05, 3.63) is 36.5 Å². The van der Waals surface area contributed by atoms with Gasteiger partial charge < -0.3 is 18.9 Å². The number of phosphoric acid groups is 1. The molecule has 10 heteroatoms. The zero-order chi connectivity index (χ0) is 38.6. The Morgan fingerprint density at radius 1 is 0.615 bits per heavy atom. The summed E-state index contributed by atoms with van der Waals surface area (Å²) in [7, 11) is 1.47. The molecule has 0 rings (SSSR count). The maximum atomic E-state index is 12.6. The van der Waals surface area contributed by atoms with Gasteiger partial charge in [-0.3, -0.25) is 18.6 Å². The minimum absolute atomic E-state index is 0.0293. The number of hydrogen-bond acceptors (Lipinski definition) is 7. The molecule has 0 spiro atoms. The van der Waals surface area contributed by atoms with E-state index in [9.17, 15) is 19.0 Å². The summed E-state index contributed by atoms with van der Waals surface area (Å²) in [5.74, 6) is -0.817. The monoisotopic (exact) mass is 757 g/mol. The number of carbonyl (C=O) groups excluding carboxylic acids is 2. The SMILES string of the molecule is CC/C=C\C/C=C\C/C=C\CCCCCCCC(=O)OCC(COP(=O)(O)OCC[N+](C)(C)C)OC(=O)CCCCCCCCCCCCCCC. The minimum atomic E-state index is -4.37. The first-order valence-electron chi connectivity index (χ1n) is 20.7. The Hall–Kier alpha value is -1.77. The number of carbonyl (C=O) groups is 2. The first-order chi connectivity index (χ1) is 25.0. The van der Waals surface area contributed by atoms with Gasteiger partial charge in [-0.2, -0.15) is 0 Å². The summed E-state index contributed by atoms with van der Waals surface area (Å²) in [6, 6.07) is 0. The highest BCUT2D eigenvalue weighted by Crippen LogP contribution is 2.43. The number of ether oxygens (including phenoxy) is 2. The molecule has 0 saturated carbocycles. The van der Waals surface area contributed by atoms with E-state index in [1.54, 1.807) is 0 Å². The number of phosphoric ester groups is 1. The van der Waals surface area contributed by atoms with Crippen LogP contribution in [0.15, 0.2) is 36.5 Å². The predicted molar refractivity (Wildman–Crippen MR) is 215 cm³/mol. The van der Waals surface area contributed by atoms with Crippen LogP contribution in [0.1, 0.15) is 168 Å². The Morgan fingerprint density at radius 2 is 1.10 bits per heavy atom. The summed E-state index contributed by atoms with van der Waals surface area (Å²) in [4.78, 5) is 35.3. The second-order valence-corrected chi connectivity index (χ2v) is 16.5. The zero-order valence-electron chi connectivity index (χ0n) is 34.0. The van der Waals surface area contributed by atoms with E-state index in [0.29, 0.717) is 17.4 Å². The van der Waals surface area contributed by atoms with Crippen molar-refractivity contribution in [2.45, 2.75) is 174 Å². The van der Waals surface area contributed by atoms with E-state index >= 15 is 0 Å². The van der Waals surface area contributed by atoms with Crippen molar-refractivity contribution in [3.8, 4) is 0 Å². The average Bonchev–Trinajstić information content (AvgIpc) is 3.09. The number of unbranched alkanes of at least 4 members (excludes halogenated alkanes) is 17. The van der Waals surface area contributed by atoms with Crippen LogP contribution in [0.2, 0.25) is 0 Å². The fourth-order valence-corrected chi connectivity index (χ4v) is 6.18. The molecule has 0 aromatic heterocycles. The molecule has 0 heterocycles. The predicted octanol–water partition coefficient (Wildman–Crippen LogP) is 11.4. The van der Waals surface area contributed by atoms with Crippen molar-refractivity contribution in [3.63, 3.8) is 0 Å². The number of nitrogens with zero attached hydrogens (tertiary/aromatic N) is 1. The van der Waals surface area contributed by atoms with Gasteiger partial charge in [0.2, 0.25) is 0 Å². The molecule has 1 N–H and O–H groups in total. The first-order valence-corrected chi connectivity index (χ1v) is 22.2. The van der Waals surface area contributed by atoms with Crippen LogP contribution in [0.5, 0.6) is 0 Å². The summed E-state index contributed by atoms with van der Waals surface area (Å²) in [6.07, 6.45) is 37.6. The van der Waals surface area contributed by atoms with Crippen LogP contribution in [-0.4, -0.2) is 74.9 Å². The maximum Gasteiger partial charge on any atom is 0.472 e. The highest BCUT2D eigenvalue weighted by molar-refractivity contribution is 7.47. The molecule has 2 atom stereocenters. The molecule has 9 nitrogen and oxygen atoms in total. The zero-order valence-corrected chi connectivity index (χ0v) is 34.9. The molecule has 0 amide bonds. The molecule has 0 aliphatic heterocycles. The Balaban J connectivity index is 4.41. The standard InChI is InChI=1S/C42H78NO8P/c1-6-8-10-12-14-16-18-20-21-23-24-26-28-30-32-34-41(44)48-38-40(39-50-52(46,47)49-37-36-43(3,4)5)51-42(45)35-33-31-29-27-25-22-19-17-15-13-11-9-7-2/h8,10,14,16,20-21,40H,6-7,9,11-13,15,17-19,22-39H2,1-5H3/p+1/b10-8-,16-14-,21-20-. The lowest BCUT2D eigenvalue weighted by molar-refractivity contribution is -0.870. The van der Waals surface area contributed by atoms with Crippen LogP contribution in [0.25, 0.3) is 0 Å². The van der Waals surface area contributed by atoms with Crippen molar-refractivity contribution < 1.29 is 42.1 Å². The van der Waals surface area contributed by atoms with Crippen molar-refractivity contribution in [1.29, 1.82) is 0 Å². The summed E-state index contributed by atoms with van der Waals surface area (Å²) in [5, 5.41) is 0. The van der Waals surface area contributed by atoms with Gasteiger partial charge in [0.1, 0.15) is 19.8 Å². The van der Waals surface area contributed by atoms with E-state index in [-0.39, 0.29) is 32.0 Å². The highest BCUT2D eigenvalue weighted by atomic mass is 31.2. The van der Waals surface area contributed by atoms with Crippen LogP contribution < -0.4 is 0 Å². The van der Waals surface area contributed by atoms with Gasteiger partial charge in [0, 0.05) is 12.8 Å². The van der Waals surface area contributed by atoms with E-state index in [1.807, 2.05) is 21.1 Å². The molecule has 2 unspecified atom stereocenters. The van der Waals surface area contributed by atoms with Crippen LogP contribution in [0.4, 0.5) is 0 Å². The summed E-state index contributed by atoms with van der Waals surface area (Å²) >= 11 is 0. The summed E-state index contributed by atoms with van der Waals surface area (Å²) in [6.45, 7) is 4.28. The van der Waals surface area contributed by atoms with Crippen LogP contribution in [0, 0.1) is 0 Å². The fourth-order valence-electron chi connectivity index (χ4n) is 5.44. The molecule has 0 bridgehead atoms. The van der Waals surface area contributed by atoms with Gasteiger partial charge >= 0.3 is 19.8 Å². The smallest absolute Gasteiger partial charge is 0.462 e. The second-order valence-electron chi connectivity index (χ2n) is 15.0. The van der Waals surface area contributed by atoms with Gasteiger partial charge in [0.25, 0.3) is 0 Å². The van der Waals surface area contributed by atoms with E-state index < -0.39 is 26.5 Å². The molecule has 0 aliphatic carbocycles. The largest absolute Gasteiger partial charge is 0.472 e. The molecular formula is C42H79NO8P+. The third kappa shape index (κ3) is 38.0. The van der Waals surface area contributed by atoms with Gasteiger partial charge in [-0.25, -0.2) is 4.57 Å². The van der Waals surface area contributed by atoms with E-state index in [2.05, 4.69) is 50.3 Å². The van der Waals surface area contributed by atoms with Crippen molar-refractivity contribution in [1.82, 2.24) is 0 Å². The third-order valence-electron chi connectivity index (χ3n) is 8.68. The molecule has 0 radical (unpaired) electrons. The molecular weight excluding hydrogens is 677 g/mol. The molecule has 0 aromatic rings. The Labute approximate surface area is 319 Å². The molecule has 0 aliphatic rings. The topological polar surface area (TPSA) is 108 Å². The number of esters is 2. The van der Waals surface area contributed by atoms with E-state index in [1.165, 1.54) is 64.2 Å². The molecule has 0 saturated heterocycles. The Kier molecular flexibility index (Phi) is 33.8. The Morgan fingerprint density at radius 3 is 1.63 bits per heavy atom. The normalized spacial score (nSPS) is 14.0. The second kappa shape index (κ2) is 35.0. The molecule has 304 valence electrons. The average molecular weight is 757 g/mol.